The van der Waals surface area contributed by atoms with Crippen LogP contribution in [0.2, 0.25) is 0 Å². The number of hydrogen-bond donors (Lipinski definition) is 2. The van der Waals surface area contributed by atoms with Crippen LogP contribution in [0.15, 0.2) is 36.2 Å². The summed E-state index contributed by atoms with van der Waals surface area (Å²) in [5.74, 6) is 0. The second kappa shape index (κ2) is 4.68. The summed E-state index contributed by atoms with van der Waals surface area (Å²) in [5, 5.41) is 2.92. The van der Waals surface area contributed by atoms with Gasteiger partial charge in [0.15, 0.2) is 0 Å². The van der Waals surface area contributed by atoms with Gasteiger partial charge in [-0.15, -0.1) is 0 Å². The maximum absolute atomic E-state index is 5.61. The molecule has 0 unspecified atom stereocenters. The second-order valence-electron chi connectivity index (χ2n) is 1.82. The molecule has 0 rings (SSSR count). The maximum atomic E-state index is 5.61. The normalized spacial score (nSPS) is 13.0. The molecular formula is C8H14N2. The summed E-state index contributed by atoms with van der Waals surface area (Å²) in [5.41, 5.74) is 7.18. The molecule has 2 nitrogen and oxygen atoms in total. The fourth-order valence-electron chi connectivity index (χ4n) is 0.634. The van der Waals surface area contributed by atoms with Crippen molar-refractivity contribution in [2.24, 2.45) is 5.73 Å². The molecule has 0 saturated heterocycles. The van der Waals surface area contributed by atoms with Crippen molar-refractivity contribution in [1.29, 1.82) is 0 Å². The molecule has 0 aromatic rings. The van der Waals surface area contributed by atoms with Crippen LogP contribution in [0.4, 0.5) is 0 Å². The molecule has 0 aromatic heterocycles. The first kappa shape index (κ1) is 8.82. The molecule has 0 saturated carbocycles. The van der Waals surface area contributed by atoms with E-state index in [1.165, 1.54) is 0 Å². The first-order chi connectivity index (χ1) is 4.76. The summed E-state index contributed by atoms with van der Waals surface area (Å²) in [6.07, 6.45) is 5.40. The molecule has 56 valence electrons. The molecule has 0 heterocycles. The van der Waals surface area contributed by atoms with E-state index in [9.17, 15) is 0 Å². The van der Waals surface area contributed by atoms with Gasteiger partial charge in [-0.05, 0) is 19.1 Å². The minimum absolute atomic E-state index is 0.708. The van der Waals surface area contributed by atoms with E-state index in [-0.39, 0.29) is 0 Å². The van der Waals surface area contributed by atoms with Crippen LogP contribution >= 0.6 is 0 Å². The number of nitrogens with one attached hydrogen (secondary N) is 1. The van der Waals surface area contributed by atoms with Gasteiger partial charge in [0.05, 0.1) is 11.4 Å². The predicted molar refractivity (Wildman–Crippen MR) is 45.3 cm³/mol. The van der Waals surface area contributed by atoms with Gasteiger partial charge in [-0.25, -0.2) is 0 Å². The zero-order valence-electron chi connectivity index (χ0n) is 6.52. The number of hydrogen-bond acceptors (Lipinski definition) is 2. The highest BCUT2D eigenvalue weighted by atomic mass is 14.8. The van der Waals surface area contributed by atoms with E-state index in [2.05, 4.69) is 11.9 Å². The lowest BCUT2D eigenvalue weighted by Gasteiger charge is -2.01. The Morgan fingerprint density at radius 2 is 2.20 bits per heavy atom. The van der Waals surface area contributed by atoms with Crippen molar-refractivity contribution >= 4 is 0 Å². The SMILES string of the molecule is C=C/C(NC)=C(N)\C=C/C. The van der Waals surface area contributed by atoms with Gasteiger partial charge < -0.3 is 11.1 Å². The van der Waals surface area contributed by atoms with E-state index in [0.29, 0.717) is 5.70 Å². The van der Waals surface area contributed by atoms with E-state index in [0.717, 1.165) is 5.70 Å². The molecule has 0 aliphatic carbocycles. The number of nitrogens with two attached hydrogens (primary N) is 1. The Balaban J connectivity index is 4.42. The van der Waals surface area contributed by atoms with Gasteiger partial charge in [-0.1, -0.05) is 12.7 Å². The summed E-state index contributed by atoms with van der Waals surface area (Å²) in [7, 11) is 1.81. The second-order valence-corrected chi connectivity index (χ2v) is 1.82. The Labute approximate surface area is 62.1 Å². The van der Waals surface area contributed by atoms with Gasteiger partial charge in [-0.3, -0.25) is 0 Å². The smallest absolute Gasteiger partial charge is 0.0565 e. The largest absolute Gasteiger partial charge is 0.397 e. The van der Waals surface area contributed by atoms with Gasteiger partial charge in [0.1, 0.15) is 0 Å². The van der Waals surface area contributed by atoms with Gasteiger partial charge >= 0.3 is 0 Å². The van der Waals surface area contributed by atoms with Crippen molar-refractivity contribution < 1.29 is 0 Å². The van der Waals surface area contributed by atoms with Gasteiger partial charge in [0.2, 0.25) is 0 Å². The van der Waals surface area contributed by atoms with E-state index >= 15 is 0 Å². The van der Waals surface area contributed by atoms with Gasteiger partial charge in [0.25, 0.3) is 0 Å². The van der Waals surface area contributed by atoms with Crippen molar-refractivity contribution in [2.75, 3.05) is 7.05 Å². The molecule has 0 aliphatic rings. The molecule has 0 radical (unpaired) electrons. The average molecular weight is 138 g/mol. The molecule has 0 aliphatic heterocycles. The lowest BCUT2D eigenvalue weighted by molar-refractivity contribution is 1.01. The Kier molecular flexibility index (Phi) is 4.12. The van der Waals surface area contributed by atoms with Gasteiger partial charge in [-0.2, -0.15) is 0 Å². The molecule has 0 atom stereocenters. The van der Waals surface area contributed by atoms with Crippen LogP contribution < -0.4 is 11.1 Å². The molecule has 2 heteroatoms. The lowest BCUT2D eigenvalue weighted by atomic mass is 10.3. The molecular weight excluding hydrogens is 124 g/mol. The summed E-state index contributed by atoms with van der Waals surface area (Å²) < 4.78 is 0. The van der Waals surface area contributed by atoms with Crippen molar-refractivity contribution in [3.63, 3.8) is 0 Å². The van der Waals surface area contributed by atoms with Crippen molar-refractivity contribution in [3.8, 4) is 0 Å². The van der Waals surface area contributed by atoms with Crippen molar-refractivity contribution in [2.45, 2.75) is 6.92 Å². The fraction of sp³-hybridized carbons (Fsp3) is 0.250. The maximum Gasteiger partial charge on any atom is 0.0565 e. The fourth-order valence-corrected chi connectivity index (χ4v) is 0.634. The molecule has 3 N–H and O–H groups in total. The highest BCUT2D eigenvalue weighted by molar-refractivity contribution is 5.27. The third kappa shape index (κ3) is 2.40. The summed E-state index contributed by atoms with van der Waals surface area (Å²) >= 11 is 0. The highest BCUT2D eigenvalue weighted by Gasteiger charge is 1.89. The van der Waals surface area contributed by atoms with E-state index in [4.69, 9.17) is 5.73 Å². The Hall–Kier alpha value is -1.18. The molecule has 0 spiro atoms. The third-order valence-electron chi connectivity index (χ3n) is 1.13. The van der Waals surface area contributed by atoms with Crippen LogP contribution in [0.1, 0.15) is 6.92 Å². The topological polar surface area (TPSA) is 38.0 Å². The average Bonchev–Trinajstić information content (AvgIpc) is 1.91. The lowest BCUT2D eigenvalue weighted by Crippen LogP contribution is -2.10. The molecule has 0 bridgehead atoms. The summed E-state index contributed by atoms with van der Waals surface area (Å²) in [6.45, 7) is 5.52. The molecule has 0 aromatic carbocycles. The highest BCUT2D eigenvalue weighted by Crippen LogP contribution is 1.95. The monoisotopic (exact) mass is 138 g/mol. The number of rotatable bonds is 3. The molecule has 0 fully saturated rings. The Morgan fingerprint density at radius 1 is 1.60 bits per heavy atom. The zero-order chi connectivity index (χ0) is 7.98. The van der Waals surface area contributed by atoms with E-state index in [1.54, 1.807) is 6.08 Å². The van der Waals surface area contributed by atoms with Crippen molar-refractivity contribution in [3.05, 3.63) is 36.2 Å². The number of likely N-dealkylation sites (N-methyl/N-ethyl adjacent to an activating group) is 1. The van der Waals surface area contributed by atoms with Crippen LogP contribution in [0, 0.1) is 0 Å². The molecule has 0 amide bonds. The predicted octanol–water partition coefficient (Wildman–Crippen LogP) is 1.14. The van der Waals surface area contributed by atoms with Crippen LogP contribution in [0.5, 0.6) is 0 Å². The Morgan fingerprint density at radius 3 is 2.50 bits per heavy atom. The summed E-state index contributed by atoms with van der Waals surface area (Å²) in [6, 6.07) is 0. The van der Waals surface area contributed by atoms with Crippen molar-refractivity contribution in [1.82, 2.24) is 5.32 Å². The molecule has 10 heavy (non-hydrogen) atoms. The van der Waals surface area contributed by atoms with Crippen LogP contribution in [-0.2, 0) is 0 Å². The first-order valence-electron chi connectivity index (χ1n) is 3.18. The number of allylic oxidation sites excluding steroid dienone is 3. The zero-order valence-corrected chi connectivity index (χ0v) is 6.52. The first-order valence-corrected chi connectivity index (χ1v) is 3.18. The quantitative estimate of drug-likeness (QED) is 0.574. The van der Waals surface area contributed by atoms with Crippen LogP contribution in [-0.4, -0.2) is 7.05 Å². The van der Waals surface area contributed by atoms with Crippen LogP contribution in [0.3, 0.4) is 0 Å². The minimum atomic E-state index is 0.708. The standard InChI is InChI=1S/C8H14N2/c1-4-6-7(9)8(5-2)10-3/h4-6,10H,2,9H2,1,3H3/b6-4-,8-7-. The Bertz CT molecular complexity index is 166. The minimum Gasteiger partial charge on any atom is -0.397 e. The van der Waals surface area contributed by atoms with Crippen LogP contribution in [0.25, 0.3) is 0 Å². The summed E-state index contributed by atoms with van der Waals surface area (Å²) in [4.78, 5) is 0. The third-order valence-corrected chi connectivity index (χ3v) is 1.13. The van der Waals surface area contributed by atoms with E-state index in [1.807, 2.05) is 26.1 Å². The van der Waals surface area contributed by atoms with E-state index < -0.39 is 0 Å². The van der Waals surface area contributed by atoms with Gasteiger partial charge in [0, 0.05) is 7.05 Å².